The number of amides is 1. The van der Waals surface area contributed by atoms with Gasteiger partial charge >= 0.3 is 0 Å². The van der Waals surface area contributed by atoms with E-state index in [1.807, 2.05) is 32.9 Å². The highest BCUT2D eigenvalue weighted by Gasteiger charge is 2.15. The Morgan fingerprint density at radius 1 is 1.28 bits per heavy atom. The molecule has 1 N–H and O–H groups in total. The second-order valence-corrected chi connectivity index (χ2v) is 4.19. The molecule has 0 saturated carbocycles. The first-order valence-corrected chi connectivity index (χ1v) is 5.72. The molecule has 0 aliphatic heterocycles. The largest absolute Gasteiger partial charge is 0.464 e. The van der Waals surface area contributed by atoms with Gasteiger partial charge in [-0.05, 0) is 32.9 Å². The molecule has 2 rings (SSSR count). The van der Waals surface area contributed by atoms with Crippen molar-refractivity contribution in [1.82, 2.24) is 15.3 Å². The number of hydrogen-bond donors (Lipinski definition) is 1. The topological polar surface area (TPSA) is 68.0 Å². The maximum atomic E-state index is 11.9. The Morgan fingerprint density at radius 3 is 2.61 bits per heavy atom. The number of carbonyl (C=O) groups excluding carboxylic acids is 1. The Hall–Kier alpha value is -2.17. The predicted octanol–water partition coefficient (Wildman–Crippen LogP) is 2.18. The molecule has 0 saturated heterocycles. The number of hydrogen-bond acceptors (Lipinski definition) is 4. The van der Waals surface area contributed by atoms with Gasteiger partial charge in [0, 0.05) is 6.20 Å². The summed E-state index contributed by atoms with van der Waals surface area (Å²) in [6, 6.07) is 3.51. The van der Waals surface area contributed by atoms with Crippen molar-refractivity contribution in [2.45, 2.75) is 26.8 Å². The molecule has 5 nitrogen and oxygen atoms in total. The minimum Gasteiger partial charge on any atom is -0.464 e. The van der Waals surface area contributed by atoms with Gasteiger partial charge in [-0.2, -0.15) is 0 Å². The normalized spacial score (nSPS) is 12.2. The second-order valence-electron chi connectivity index (χ2n) is 4.19. The van der Waals surface area contributed by atoms with Crippen LogP contribution in [0, 0.1) is 13.8 Å². The van der Waals surface area contributed by atoms with Gasteiger partial charge in [-0.15, -0.1) is 0 Å². The van der Waals surface area contributed by atoms with E-state index in [4.69, 9.17) is 4.42 Å². The molecule has 0 radical (unpaired) electrons. The smallest absolute Gasteiger partial charge is 0.272 e. The number of rotatable bonds is 3. The SMILES string of the molecule is Cc1cnc(C(=O)N[C@H](C)c2ccc(C)o2)cn1. The van der Waals surface area contributed by atoms with Gasteiger partial charge in [-0.25, -0.2) is 4.98 Å². The van der Waals surface area contributed by atoms with Crippen LogP contribution in [0.25, 0.3) is 0 Å². The quantitative estimate of drug-likeness (QED) is 0.899. The number of nitrogens with zero attached hydrogens (tertiary/aromatic N) is 2. The van der Waals surface area contributed by atoms with E-state index in [1.165, 1.54) is 6.20 Å². The van der Waals surface area contributed by atoms with Gasteiger partial charge in [0.25, 0.3) is 5.91 Å². The van der Waals surface area contributed by atoms with Crippen molar-refractivity contribution < 1.29 is 9.21 Å². The molecule has 0 aromatic carbocycles. The standard InChI is InChI=1S/C13H15N3O2/c1-8-6-15-11(7-14-8)13(17)16-10(3)12-5-4-9(2)18-12/h4-7,10H,1-3H3,(H,16,17)/t10-/m1/s1. The molecule has 0 spiro atoms. The monoisotopic (exact) mass is 245 g/mol. The van der Waals surface area contributed by atoms with E-state index >= 15 is 0 Å². The third-order valence-corrected chi connectivity index (χ3v) is 2.55. The van der Waals surface area contributed by atoms with Crippen LogP contribution < -0.4 is 5.32 Å². The van der Waals surface area contributed by atoms with Crippen LogP contribution in [0.4, 0.5) is 0 Å². The van der Waals surface area contributed by atoms with Crippen LogP contribution in [0.5, 0.6) is 0 Å². The third-order valence-electron chi connectivity index (χ3n) is 2.55. The zero-order valence-electron chi connectivity index (χ0n) is 10.6. The van der Waals surface area contributed by atoms with Gasteiger partial charge in [0.15, 0.2) is 0 Å². The average molecular weight is 245 g/mol. The highest BCUT2D eigenvalue weighted by atomic mass is 16.3. The van der Waals surface area contributed by atoms with Crippen LogP contribution >= 0.6 is 0 Å². The van der Waals surface area contributed by atoms with Crippen LogP contribution in [0.3, 0.4) is 0 Å². The molecule has 94 valence electrons. The van der Waals surface area contributed by atoms with Crippen LogP contribution in [-0.2, 0) is 0 Å². The fourth-order valence-electron chi connectivity index (χ4n) is 1.54. The Morgan fingerprint density at radius 2 is 2.06 bits per heavy atom. The highest BCUT2D eigenvalue weighted by Crippen LogP contribution is 2.15. The van der Waals surface area contributed by atoms with Gasteiger partial charge in [0.1, 0.15) is 17.2 Å². The first-order chi connectivity index (χ1) is 8.56. The van der Waals surface area contributed by atoms with Crippen LogP contribution in [0.15, 0.2) is 28.9 Å². The summed E-state index contributed by atoms with van der Waals surface area (Å²) >= 11 is 0. The van der Waals surface area contributed by atoms with Crippen LogP contribution in [-0.4, -0.2) is 15.9 Å². The lowest BCUT2D eigenvalue weighted by atomic mass is 10.2. The van der Waals surface area contributed by atoms with Crippen molar-refractivity contribution >= 4 is 5.91 Å². The number of aromatic nitrogens is 2. The highest BCUT2D eigenvalue weighted by molar-refractivity contribution is 5.92. The summed E-state index contributed by atoms with van der Waals surface area (Å²) in [6.45, 7) is 5.55. The molecule has 18 heavy (non-hydrogen) atoms. The number of aryl methyl sites for hydroxylation is 2. The van der Waals surface area contributed by atoms with Crippen molar-refractivity contribution in [3.8, 4) is 0 Å². The summed E-state index contributed by atoms with van der Waals surface area (Å²) in [7, 11) is 0. The van der Waals surface area contributed by atoms with E-state index in [0.29, 0.717) is 5.69 Å². The zero-order valence-corrected chi connectivity index (χ0v) is 10.6. The molecule has 0 fully saturated rings. The lowest BCUT2D eigenvalue weighted by molar-refractivity contribution is 0.0929. The van der Waals surface area contributed by atoms with Crippen LogP contribution in [0.1, 0.15) is 40.7 Å². The molecular weight excluding hydrogens is 230 g/mol. The first-order valence-electron chi connectivity index (χ1n) is 5.72. The fraction of sp³-hybridized carbons (Fsp3) is 0.308. The Balaban J connectivity index is 2.05. The van der Waals surface area contributed by atoms with Gasteiger partial charge in [-0.1, -0.05) is 0 Å². The number of nitrogens with one attached hydrogen (secondary N) is 1. The Kier molecular flexibility index (Phi) is 3.41. The van der Waals surface area contributed by atoms with E-state index in [1.54, 1.807) is 6.20 Å². The minimum absolute atomic E-state index is 0.200. The summed E-state index contributed by atoms with van der Waals surface area (Å²) in [6.07, 6.45) is 3.03. The Bertz CT molecular complexity index is 546. The van der Waals surface area contributed by atoms with E-state index in [2.05, 4.69) is 15.3 Å². The lowest BCUT2D eigenvalue weighted by Gasteiger charge is -2.10. The van der Waals surface area contributed by atoms with Crippen molar-refractivity contribution in [1.29, 1.82) is 0 Å². The van der Waals surface area contributed by atoms with E-state index in [-0.39, 0.29) is 11.9 Å². The van der Waals surface area contributed by atoms with Gasteiger partial charge in [-0.3, -0.25) is 9.78 Å². The third kappa shape index (κ3) is 2.74. The lowest BCUT2D eigenvalue weighted by Crippen LogP contribution is -2.27. The maximum Gasteiger partial charge on any atom is 0.272 e. The molecule has 2 aromatic rings. The summed E-state index contributed by atoms with van der Waals surface area (Å²) in [5, 5.41) is 2.81. The van der Waals surface area contributed by atoms with Crippen molar-refractivity contribution in [3.63, 3.8) is 0 Å². The van der Waals surface area contributed by atoms with Crippen LogP contribution in [0.2, 0.25) is 0 Å². The predicted molar refractivity (Wildman–Crippen MR) is 66.1 cm³/mol. The summed E-state index contributed by atoms with van der Waals surface area (Å²) in [5.74, 6) is 1.28. The molecule has 1 amide bonds. The van der Waals surface area contributed by atoms with E-state index < -0.39 is 0 Å². The average Bonchev–Trinajstić information content (AvgIpc) is 2.76. The Labute approximate surface area is 105 Å². The molecule has 2 aromatic heterocycles. The maximum absolute atomic E-state index is 11.9. The van der Waals surface area contributed by atoms with Crippen molar-refractivity contribution in [2.75, 3.05) is 0 Å². The molecule has 5 heteroatoms. The molecule has 0 aliphatic carbocycles. The van der Waals surface area contributed by atoms with Crippen molar-refractivity contribution in [2.24, 2.45) is 0 Å². The number of carbonyl (C=O) groups is 1. The summed E-state index contributed by atoms with van der Waals surface area (Å²) in [5.41, 5.74) is 1.08. The van der Waals surface area contributed by atoms with Gasteiger partial charge in [0.2, 0.25) is 0 Å². The fourth-order valence-corrected chi connectivity index (χ4v) is 1.54. The minimum atomic E-state index is -0.260. The first kappa shape index (κ1) is 12.3. The van der Waals surface area contributed by atoms with E-state index in [9.17, 15) is 4.79 Å². The van der Waals surface area contributed by atoms with E-state index in [0.717, 1.165) is 17.2 Å². The van der Waals surface area contributed by atoms with Crippen molar-refractivity contribution in [3.05, 3.63) is 47.4 Å². The number of furan rings is 1. The summed E-state index contributed by atoms with van der Waals surface area (Å²) in [4.78, 5) is 20.0. The molecule has 1 atom stereocenters. The second kappa shape index (κ2) is 5.00. The van der Waals surface area contributed by atoms with Gasteiger partial charge < -0.3 is 9.73 Å². The molecule has 0 unspecified atom stereocenters. The van der Waals surface area contributed by atoms with Gasteiger partial charge in [0.05, 0.1) is 17.9 Å². The summed E-state index contributed by atoms with van der Waals surface area (Å²) < 4.78 is 5.45. The molecule has 0 aliphatic rings. The molecule has 2 heterocycles. The zero-order chi connectivity index (χ0) is 13.1. The molecule has 0 bridgehead atoms. The molecular formula is C13H15N3O2.